The zero-order valence-electron chi connectivity index (χ0n) is 16.6. The Morgan fingerprint density at radius 1 is 1.24 bits per heavy atom. The van der Waals surface area contributed by atoms with Crippen LogP contribution in [0.5, 0.6) is 11.5 Å². The SMILES string of the molecule is COc1cc(C(=O)NCC(c2ccco2)N2CCCCC2)c([N+](=O)[O-])cc1OC. The number of nitrogens with one attached hydrogen (secondary N) is 1. The fraction of sp³-hybridized carbons (Fsp3) is 0.450. The second-order valence-corrected chi connectivity index (χ2v) is 6.82. The van der Waals surface area contributed by atoms with Crippen molar-refractivity contribution in [3.63, 3.8) is 0 Å². The minimum atomic E-state index is -0.606. The molecule has 1 aliphatic heterocycles. The quantitative estimate of drug-likeness (QED) is 0.533. The van der Waals surface area contributed by atoms with Gasteiger partial charge in [-0.15, -0.1) is 0 Å². The third kappa shape index (κ3) is 4.68. The Balaban J connectivity index is 1.82. The standard InChI is InChI=1S/C20H25N3O6/c1-27-18-11-14(15(23(25)26)12-19(18)28-2)20(24)21-13-16(17-7-6-10-29-17)22-8-4-3-5-9-22/h6-7,10-12,16H,3-5,8-9,13H2,1-2H3,(H,21,24). The lowest BCUT2D eigenvalue weighted by Crippen LogP contribution is -2.40. The van der Waals surface area contributed by atoms with E-state index in [-0.39, 0.29) is 35.3 Å². The normalized spacial score (nSPS) is 15.5. The van der Waals surface area contributed by atoms with Gasteiger partial charge in [0, 0.05) is 12.6 Å². The predicted molar refractivity (Wildman–Crippen MR) is 105 cm³/mol. The van der Waals surface area contributed by atoms with E-state index in [2.05, 4.69) is 10.2 Å². The number of furan rings is 1. The summed E-state index contributed by atoms with van der Waals surface area (Å²) in [5.41, 5.74) is -0.419. The molecule has 0 bridgehead atoms. The molecular weight excluding hydrogens is 378 g/mol. The van der Waals surface area contributed by atoms with Crippen LogP contribution in [0.4, 0.5) is 5.69 Å². The minimum Gasteiger partial charge on any atom is -0.493 e. The number of hydrogen-bond donors (Lipinski definition) is 1. The van der Waals surface area contributed by atoms with Gasteiger partial charge in [0.25, 0.3) is 11.6 Å². The number of nitro groups is 1. The van der Waals surface area contributed by atoms with Gasteiger partial charge in [-0.25, -0.2) is 0 Å². The predicted octanol–water partition coefficient (Wildman–Crippen LogP) is 3.16. The molecule has 0 saturated carbocycles. The molecule has 3 rings (SSSR count). The highest BCUT2D eigenvalue weighted by Gasteiger charge is 2.28. The number of benzene rings is 1. The lowest BCUT2D eigenvalue weighted by molar-refractivity contribution is -0.385. The monoisotopic (exact) mass is 403 g/mol. The maximum Gasteiger partial charge on any atom is 0.286 e. The average molecular weight is 403 g/mol. The molecule has 1 saturated heterocycles. The van der Waals surface area contributed by atoms with Crippen LogP contribution < -0.4 is 14.8 Å². The molecule has 1 amide bonds. The molecular formula is C20H25N3O6. The summed E-state index contributed by atoms with van der Waals surface area (Å²) in [5.74, 6) is 0.652. The van der Waals surface area contributed by atoms with E-state index in [1.807, 2.05) is 12.1 Å². The van der Waals surface area contributed by atoms with Crippen LogP contribution in [0.3, 0.4) is 0 Å². The second kappa shape index (κ2) is 9.42. The Bertz CT molecular complexity index is 846. The molecule has 29 heavy (non-hydrogen) atoms. The van der Waals surface area contributed by atoms with Gasteiger partial charge >= 0.3 is 0 Å². The minimum absolute atomic E-state index is 0.0792. The van der Waals surface area contributed by atoms with Crippen LogP contribution in [0, 0.1) is 10.1 Å². The number of carbonyl (C=O) groups is 1. The van der Waals surface area contributed by atoms with Crippen molar-refractivity contribution in [2.24, 2.45) is 0 Å². The number of carbonyl (C=O) groups excluding carboxylic acids is 1. The first-order valence-corrected chi connectivity index (χ1v) is 9.51. The molecule has 156 valence electrons. The first-order valence-electron chi connectivity index (χ1n) is 9.51. The van der Waals surface area contributed by atoms with Crippen LogP contribution in [0.15, 0.2) is 34.9 Å². The van der Waals surface area contributed by atoms with Gasteiger partial charge in [0.05, 0.1) is 37.5 Å². The number of methoxy groups -OCH3 is 2. The van der Waals surface area contributed by atoms with Crippen molar-refractivity contribution in [2.75, 3.05) is 33.9 Å². The first kappa shape index (κ1) is 20.7. The number of nitro benzene ring substituents is 1. The van der Waals surface area contributed by atoms with Crippen LogP contribution in [0.1, 0.15) is 41.4 Å². The Morgan fingerprint density at radius 2 is 1.93 bits per heavy atom. The van der Waals surface area contributed by atoms with Crippen molar-refractivity contribution >= 4 is 11.6 Å². The van der Waals surface area contributed by atoms with E-state index < -0.39 is 10.8 Å². The smallest absolute Gasteiger partial charge is 0.286 e. The molecule has 1 fully saturated rings. The summed E-state index contributed by atoms with van der Waals surface area (Å²) < 4.78 is 15.9. The van der Waals surface area contributed by atoms with Gasteiger partial charge in [-0.2, -0.15) is 0 Å². The van der Waals surface area contributed by atoms with E-state index in [9.17, 15) is 14.9 Å². The van der Waals surface area contributed by atoms with Crippen LogP contribution in [-0.4, -0.2) is 49.6 Å². The fourth-order valence-corrected chi connectivity index (χ4v) is 3.61. The number of nitrogens with zero attached hydrogens (tertiary/aromatic N) is 2. The summed E-state index contributed by atoms with van der Waals surface area (Å²) in [6.45, 7) is 2.10. The average Bonchev–Trinajstić information content (AvgIpc) is 3.28. The van der Waals surface area contributed by atoms with Gasteiger partial charge in [-0.05, 0) is 38.1 Å². The van der Waals surface area contributed by atoms with Crippen molar-refractivity contribution in [1.82, 2.24) is 10.2 Å². The molecule has 1 atom stereocenters. The Morgan fingerprint density at radius 3 is 2.52 bits per heavy atom. The maximum absolute atomic E-state index is 12.8. The highest BCUT2D eigenvalue weighted by atomic mass is 16.6. The molecule has 9 heteroatoms. The highest BCUT2D eigenvalue weighted by molar-refractivity contribution is 5.99. The summed E-state index contributed by atoms with van der Waals surface area (Å²) in [4.78, 5) is 26.0. The van der Waals surface area contributed by atoms with Crippen molar-refractivity contribution in [2.45, 2.75) is 25.3 Å². The Labute approximate surface area is 168 Å². The van der Waals surface area contributed by atoms with Crippen molar-refractivity contribution in [3.8, 4) is 11.5 Å². The van der Waals surface area contributed by atoms with E-state index in [0.29, 0.717) is 0 Å². The third-order valence-electron chi connectivity index (χ3n) is 5.10. The molecule has 1 aromatic heterocycles. The van der Waals surface area contributed by atoms with Gasteiger partial charge in [0.2, 0.25) is 0 Å². The second-order valence-electron chi connectivity index (χ2n) is 6.82. The molecule has 2 heterocycles. The summed E-state index contributed by atoms with van der Waals surface area (Å²) in [6.07, 6.45) is 4.97. The van der Waals surface area contributed by atoms with Crippen LogP contribution >= 0.6 is 0 Å². The lowest BCUT2D eigenvalue weighted by atomic mass is 10.1. The number of amides is 1. The number of likely N-dealkylation sites (tertiary alicyclic amines) is 1. The molecule has 1 aliphatic rings. The Hall–Kier alpha value is -3.07. The number of ether oxygens (including phenoxy) is 2. The number of rotatable bonds is 8. The molecule has 1 unspecified atom stereocenters. The van der Waals surface area contributed by atoms with Crippen molar-refractivity contribution < 1.29 is 23.6 Å². The topological polar surface area (TPSA) is 107 Å². The third-order valence-corrected chi connectivity index (χ3v) is 5.10. The van der Waals surface area contributed by atoms with E-state index in [0.717, 1.165) is 31.7 Å². The van der Waals surface area contributed by atoms with Gasteiger partial charge in [0.15, 0.2) is 11.5 Å². The summed E-state index contributed by atoms with van der Waals surface area (Å²) in [6, 6.07) is 6.09. The molecule has 0 radical (unpaired) electrons. The van der Waals surface area contributed by atoms with Crippen LogP contribution in [0.25, 0.3) is 0 Å². The lowest BCUT2D eigenvalue weighted by Gasteiger charge is -2.33. The van der Waals surface area contributed by atoms with E-state index in [4.69, 9.17) is 13.9 Å². The van der Waals surface area contributed by atoms with E-state index in [1.165, 1.54) is 32.8 Å². The number of hydrogen-bond acceptors (Lipinski definition) is 7. The molecule has 9 nitrogen and oxygen atoms in total. The highest BCUT2D eigenvalue weighted by Crippen LogP contribution is 2.34. The maximum atomic E-state index is 12.8. The Kier molecular flexibility index (Phi) is 6.71. The van der Waals surface area contributed by atoms with Gasteiger partial charge < -0.3 is 19.2 Å². The summed E-state index contributed by atoms with van der Waals surface area (Å²) >= 11 is 0. The van der Waals surface area contributed by atoms with Gasteiger partial charge in [0.1, 0.15) is 11.3 Å². The van der Waals surface area contributed by atoms with Crippen LogP contribution in [0.2, 0.25) is 0 Å². The van der Waals surface area contributed by atoms with Gasteiger partial charge in [-0.1, -0.05) is 6.42 Å². The molecule has 1 aromatic carbocycles. The first-order chi connectivity index (χ1) is 14.0. The molecule has 2 aromatic rings. The van der Waals surface area contributed by atoms with Gasteiger partial charge in [-0.3, -0.25) is 19.8 Å². The largest absolute Gasteiger partial charge is 0.493 e. The number of piperidine rings is 1. The summed E-state index contributed by atoms with van der Waals surface area (Å²) in [7, 11) is 2.79. The molecule has 1 N–H and O–H groups in total. The van der Waals surface area contributed by atoms with E-state index in [1.54, 1.807) is 6.26 Å². The zero-order chi connectivity index (χ0) is 20.8. The van der Waals surface area contributed by atoms with Crippen molar-refractivity contribution in [3.05, 3.63) is 52.0 Å². The molecule has 0 spiro atoms. The summed E-state index contributed by atoms with van der Waals surface area (Å²) in [5, 5.41) is 14.3. The zero-order valence-corrected chi connectivity index (χ0v) is 16.6. The fourth-order valence-electron chi connectivity index (χ4n) is 3.61. The van der Waals surface area contributed by atoms with Crippen molar-refractivity contribution in [1.29, 1.82) is 0 Å². The van der Waals surface area contributed by atoms with Crippen LogP contribution in [-0.2, 0) is 0 Å². The molecule has 0 aliphatic carbocycles. The van der Waals surface area contributed by atoms with E-state index >= 15 is 0 Å².